The summed E-state index contributed by atoms with van der Waals surface area (Å²) in [5, 5.41) is 0. The minimum absolute atomic E-state index is 0.0744. The van der Waals surface area contributed by atoms with E-state index in [1.807, 2.05) is 13.0 Å². The monoisotopic (exact) mass is 326 g/mol. The van der Waals surface area contributed by atoms with Crippen LogP contribution in [-0.2, 0) is 9.59 Å². The molecule has 0 bridgehead atoms. The average molecular weight is 326 g/mol. The summed E-state index contributed by atoms with van der Waals surface area (Å²) in [6, 6.07) is 0. The van der Waals surface area contributed by atoms with Gasteiger partial charge < -0.3 is 0 Å². The van der Waals surface area contributed by atoms with Gasteiger partial charge in [-0.1, -0.05) is 32.4 Å². The van der Waals surface area contributed by atoms with Crippen molar-refractivity contribution in [2.75, 3.05) is 0 Å². The van der Waals surface area contributed by atoms with Crippen LogP contribution in [0.15, 0.2) is 23.8 Å². The quantitative estimate of drug-likeness (QED) is 0.724. The summed E-state index contributed by atoms with van der Waals surface area (Å²) in [6.45, 7) is 6.78. The molecule has 6 atom stereocenters. The fourth-order valence-electron chi connectivity index (χ4n) is 6.97. The van der Waals surface area contributed by atoms with Crippen LogP contribution < -0.4 is 0 Å². The van der Waals surface area contributed by atoms with Gasteiger partial charge in [0.25, 0.3) is 0 Å². The van der Waals surface area contributed by atoms with E-state index < -0.39 is 0 Å². The fraction of sp³-hybridized carbons (Fsp3) is 0.727. The topological polar surface area (TPSA) is 34.1 Å². The second kappa shape index (κ2) is 5.41. The molecule has 2 heteroatoms. The SMILES string of the molecule is CCC(=O)[C@H]1CC[C@H]2[C@@H]3CCC4=CC(=O)C=C[C@]4(C)[C@H]3CC[C@]12C. The third kappa shape index (κ3) is 2.07. The van der Waals surface area contributed by atoms with Gasteiger partial charge >= 0.3 is 0 Å². The molecular weight excluding hydrogens is 296 g/mol. The number of allylic oxidation sites excluding steroid dienone is 4. The molecular formula is C22H30O2. The van der Waals surface area contributed by atoms with E-state index in [9.17, 15) is 9.59 Å². The first-order valence-corrected chi connectivity index (χ1v) is 9.87. The van der Waals surface area contributed by atoms with E-state index in [1.165, 1.54) is 31.3 Å². The third-order valence-electron chi connectivity index (χ3n) is 8.29. The lowest BCUT2D eigenvalue weighted by atomic mass is 9.47. The van der Waals surface area contributed by atoms with Crippen molar-refractivity contribution in [3.05, 3.63) is 23.8 Å². The summed E-state index contributed by atoms with van der Waals surface area (Å²) in [4.78, 5) is 24.3. The maximum absolute atomic E-state index is 12.5. The Labute approximate surface area is 145 Å². The Morgan fingerprint density at radius 2 is 1.96 bits per heavy atom. The smallest absolute Gasteiger partial charge is 0.178 e. The minimum atomic E-state index is 0.0744. The highest BCUT2D eigenvalue weighted by Crippen LogP contribution is 2.66. The van der Waals surface area contributed by atoms with Crippen molar-refractivity contribution in [2.24, 2.45) is 34.5 Å². The Morgan fingerprint density at radius 3 is 2.71 bits per heavy atom. The zero-order valence-electron chi connectivity index (χ0n) is 15.3. The Bertz CT molecular complexity index is 642. The maximum atomic E-state index is 12.5. The Kier molecular flexibility index (Phi) is 3.67. The van der Waals surface area contributed by atoms with E-state index in [-0.39, 0.29) is 16.6 Å². The van der Waals surface area contributed by atoms with Crippen LogP contribution in [0.3, 0.4) is 0 Å². The molecule has 0 saturated heterocycles. The van der Waals surface area contributed by atoms with Crippen LogP contribution in [0.25, 0.3) is 0 Å². The molecule has 4 aliphatic carbocycles. The van der Waals surface area contributed by atoms with Crippen molar-refractivity contribution in [3.8, 4) is 0 Å². The molecule has 2 nitrogen and oxygen atoms in total. The molecule has 0 aliphatic heterocycles. The maximum Gasteiger partial charge on any atom is 0.178 e. The molecule has 0 aromatic rings. The predicted octanol–water partition coefficient (Wildman–Crippen LogP) is 4.89. The molecule has 0 aromatic heterocycles. The zero-order valence-corrected chi connectivity index (χ0v) is 15.3. The lowest BCUT2D eigenvalue weighted by molar-refractivity contribution is -0.129. The Morgan fingerprint density at radius 1 is 1.17 bits per heavy atom. The average Bonchev–Trinajstić information content (AvgIpc) is 2.92. The normalized spacial score (nSPS) is 46.8. The van der Waals surface area contributed by atoms with E-state index in [0.717, 1.165) is 18.8 Å². The first kappa shape index (κ1) is 16.3. The zero-order chi connectivity index (χ0) is 17.1. The molecule has 0 amide bonds. The van der Waals surface area contributed by atoms with E-state index in [1.54, 1.807) is 6.08 Å². The number of fused-ring (bicyclic) bond motifs is 5. The lowest BCUT2D eigenvalue weighted by Crippen LogP contribution is -2.50. The molecule has 0 aromatic carbocycles. The summed E-state index contributed by atoms with van der Waals surface area (Å²) >= 11 is 0. The lowest BCUT2D eigenvalue weighted by Gasteiger charge is -2.57. The number of Topliss-reactive ketones (excluding diaryl/α,β-unsaturated/α-hetero) is 1. The van der Waals surface area contributed by atoms with Gasteiger partial charge in [0.15, 0.2) is 5.78 Å². The molecule has 24 heavy (non-hydrogen) atoms. The molecule has 130 valence electrons. The fourth-order valence-corrected chi connectivity index (χ4v) is 6.97. The van der Waals surface area contributed by atoms with Crippen LogP contribution in [0.2, 0.25) is 0 Å². The van der Waals surface area contributed by atoms with Crippen LogP contribution >= 0.6 is 0 Å². The molecule has 4 rings (SSSR count). The van der Waals surface area contributed by atoms with Crippen molar-refractivity contribution in [1.29, 1.82) is 0 Å². The molecule has 3 saturated carbocycles. The molecule has 0 radical (unpaired) electrons. The number of rotatable bonds is 2. The number of carbonyl (C=O) groups is 2. The standard InChI is InChI=1S/C22H30O2/c1-4-20(24)19-8-7-17-16-6-5-14-13-15(23)9-11-21(14,2)18(16)10-12-22(17,19)3/h9,11,13,16-19H,4-8,10,12H2,1-3H3/t16-,17-,18-,19+,21-,22-/m0/s1. The second-order valence-electron chi connectivity index (χ2n) is 9.10. The number of ketones is 2. The van der Waals surface area contributed by atoms with Crippen LogP contribution in [0.1, 0.15) is 65.7 Å². The Hall–Kier alpha value is -1.18. The van der Waals surface area contributed by atoms with Crippen LogP contribution in [0.5, 0.6) is 0 Å². The summed E-state index contributed by atoms with van der Waals surface area (Å²) < 4.78 is 0. The highest BCUT2D eigenvalue weighted by atomic mass is 16.1. The van der Waals surface area contributed by atoms with E-state index in [4.69, 9.17) is 0 Å². The van der Waals surface area contributed by atoms with Crippen molar-refractivity contribution in [3.63, 3.8) is 0 Å². The first-order valence-electron chi connectivity index (χ1n) is 9.87. The third-order valence-corrected chi connectivity index (χ3v) is 8.29. The van der Waals surface area contributed by atoms with E-state index in [0.29, 0.717) is 30.0 Å². The molecule has 0 N–H and O–H groups in total. The minimum Gasteiger partial charge on any atom is -0.299 e. The van der Waals surface area contributed by atoms with Gasteiger partial charge in [0.05, 0.1) is 0 Å². The van der Waals surface area contributed by atoms with Gasteiger partial charge in [0.2, 0.25) is 0 Å². The van der Waals surface area contributed by atoms with Crippen LogP contribution in [0, 0.1) is 34.5 Å². The molecule has 3 fully saturated rings. The van der Waals surface area contributed by atoms with Crippen molar-refractivity contribution in [2.45, 2.75) is 65.7 Å². The summed E-state index contributed by atoms with van der Waals surface area (Å²) in [6.07, 6.45) is 13.6. The summed E-state index contributed by atoms with van der Waals surface area (Å²) in [5.74, 6) is 3.01. The number of hydrogen-bond acceptors (Lipinski definition) is 2. The van der Waals surface area contributed by atoms with Crippen LogP contribution in [0.4, 0.5) is 0 Å². The highest BCUT2D eigenvalue weighted by Gasteiger charge is 2.59. The molecule has 0 unspecified atom stereocenters. The van der Waals surface area contributed by atoms with Gasteiger partial charge in [-0.25, -0.2) is 0 Å². The first-order chi connectivity index (χ1) is 11.4. The predicted molar refractivity (Wildman–Crippen MR) is 95.4 cm³/mol. The molecule has 0 spiro atoms. The van der Waals surface area contributed by atoms with Gasteiger partial charge in [-0.15, -0.1) is 0 Å². The van der Waals surface area contributed by atoms with Crippen LogP contribution in [-0.4, -0.2) is 11.6 Å². The summed E-state index contributed by atoms with van der Waals surface area (Å²) in [5.41, 5.74) is 1.66. The number of carbonyl (C=O) groups excluding carboxylic acids is 2. The van der Waals surface area contributed by atoms with E-state index >= 15 is 0 Å². The second-order valence-corrected chi connectivity index (χ2v) is 9.10. The Balaban J connectivity index is 1.66. The molecule has 4 aliphatic rings. The van der Waals surface area contributed by atoms with Crippen molar-refractivity contribution >= 4 is 11.6 Å². The molecule has 0 heterocycles. The van der Waals surface area contributed by atoms with E-state index in [2.05, 4.69) is 19.9 Å². The van der Waals surface area contributed by atoms with Gasteiger partial charge in [-0.05, 0) is 73.8 Å². The number of hydrogen-bond donors (Lipinski definition) is 0. The van der Waals surface area contributed by atoms with Gasteiger partial charge in [0.1, 0.15) is 5.78 Å². The van der Waals surface area contributed by atoms with Gasteiger partial charge in [-0.2, -0.15) is 0 Å². The van der Waals surface area contributed by atoms with Gasteiger partial charge in [0, 0.05) is 17.8 Å². The highest BCUT2D eigenvalue weighted by molar-refractivity contribution is 6.01. The van der Waals surface area contributed by atoms with Crippen molar-refractivity contribution in [1.82, 2.24) is 0 Å². The largest absolute Gasteiger partial charge is 0.299 e. The summed E-state index contributed by atoms with van der Waals surface area (Å²) in [7, 11) is 0. The van der Waals surface area contributed by atoms with Gasteiger partial charge in [-0.3, -0.25) is 9.59 Å². The van der Waals surface area contributed by atoms with Crippen molar-refractivity contribution < 1.29 is 9.59 Å².